The molecule has 2 aliphatic heterocycles. The van der Waals surface area contributed by atoms with Crippen LogP contribution in [0.1, 0.15) is 35.3 Å². The van der Waals surface area contributed by atoms with Crippen molar-refractivity contribution >= 4 is 29.1 Å². The van der Waals surface area contributed by atoms with E-state index >= 15 is 0 Å². The molecule has 7 nitrogen and oxygen atoms in total. The minimum atomic E-state index is -1.46. The molecule has 2 heterocycles. The number of likely N-dealkylation sites (N-methyl/N-ethyl adjacent to an activating group) is 1. The largest absolute Gasteiger partial charge is 0.350 e. The Labute approximate surface area is 204 Å². The van der Waals surface area contributed by atoms with Gasteiger partial charge in [-0.05, 0) is 37.6 Å². The molecule has 0 unspecified atom stereocenters. The molecule has 0 bridgehead atoms. The quantitative estimate of drug-likeness (QED) is 0.597. The molecular formula is C28H28N4O3. The second-order valence-corrected chi connectivity index (χ2v) is 8.73. The molecule has 0 aliphatic carbocycles. The molecule has 3 aromatic rings. The van der Waals surface area contributed by atoms with Crippen LogP contribution < -0.4 is 10.2 Å². The molecule has 3 aromatic carbocycles. The van der Waals surface area contributed by atoms with E-state index in [1.54, 1.807) is 15.9 Å². The maximum absolute atomic E-state index is 14.3. The first-order valence-electron chi connectivity index (χ1n) is 11.9. The van der Waals surface area contributed by atoms with Crippen molar-refractivity contribution in [2.24, 2.45) is 0 Å². The normalized spacial score (nSPS) is 18.3. The number of nitrogens with zero attached hydrogens (tertiary/aromatic N) is 3. The Balaban J connectivity index is 1.65. The number of anilines is 2. The second kappa shape index (κ2) is 8.91. The van der Waals surface area contributed by atoms with Crippen molar-refractivity contribution in [2.75, 3.05) is 29.9 Å². The number of hydrogen-bond donors (Lipinski definition) is 1. The lowest BCUT2D eigenvalue weighted by molar-refractivity contribution is -0.133. The molecule has 1 atom stereocenters. The van der Waals surface area contributed by atoms with Gasteiger partial charge in [0.1, 0.15) is 6.54 Å². The Bertz CT molecular complexity index is 1290. The minimum Gasteiger partial charge on any atom is -0.350 e. The van der Waals surface area contributed by atoms with Crippen molar-refractivity contribution in [3.8, 4) is 0 Å². The van der Waals surface area contributed by atoms with Gasteiger partial charge in [-0.25, -0.2) is 0 Å². The minimum absolute atomic E-state index is 0.0873. The first-order chi connectivity index (χ1) is 17.0. The molecule has 35 heavy (non-hydrogen) atoms. The molecule has 0 radical (unpaired) electrons. The lowest BCUT2D eigenvalue weighted by atomic mass is 9.92. The number of carbonyl (C=O) groups excluding carboxylic acids is 3. The van der Waals surface area contributed by atoms with E-state index in [0.29, 0.717) is 35.6 Å². The molecule has 1 N–H and O–H groups in total. The van der Waals surface area contributed by atoms with E-state index in [0.717, 1.165) is 5.56 Å². The Morgan fingerprint density at radius 2 is 1.54 bits per heavy atom. The maximum Gasteiger partial charge on any atom is 0.279 e. The van der Waals surface area contributed by atoms with Crippen LogP contribution in [-0.2, 0) is 21.8 Å². The van der Waals surface area contributed by atoms with E-state index in [2.05, 4.69) is 5.32 Å². The van der Waals surface area contributed by atoms with Gasteiger partial charge in [0.15, 0.2) is 0 Å². The first-order valence-corrected chi connectivity index (χ1v) is 11.9. The molecule has 7 heteroatoms. The number of hydrogen-bond acceptors (Lipinski definition) is 4. The lowest BCUT2D eigenvalue weighted by Crippen LogP contribution is -2.62. The van der Waals surface area contributed by atoms with Crippen LogP contribution in [0.4, 0.5) is 11.4 Å². The monoisotopic (exact) mass is 468 g/mol. The van der Waals surface area contributed by atoms with E-state index in [1.807, 2.05) is 86.6 Å². The van der Waals surface area contributed by atoms with Gasteiger partial charge in [0.2, 0.25) is 11.6 Å². The summed E-state index contributed by atoms with van der Waals surface area (Å²) in [4.78, 5) is 46.1. The van der Waals surface area contributed by atoms with Crippen LogP contribution in [-0.4, -0.2) is 47.2 Å². The predicted molar refractivity (Wildman–Crippen MR) is 135 cm³/mol. The summed E-state index contributed by atoms with van der Waals surface area (Å²) < 4.78 is 0. The molecule has 2 aliphatic rings. The van der Waals surface area contributed by atoms with Crippen LogP contribution >= 0.6 is 0 Å². The third-order valence-corrected chi connectivity index (χ3v) is 6.86. The van der Waals surface area contributed by atoms with E-state index in [-0.39, 0.29) is 30.8 Å². The van der Waals surface area contributed by atoms with Crippen LogP contribution in [0.25, 0.3) is 0 Å². The molecule has 0 saturated heterocycles. The lowest BCUT2D eigenvalue weighted by Gasteiger charge is -2.45. The SMILES string of the molecule is CCN(CC)C(=O)CN1C(=O)[C@@]2(Nc3ccccc3C(=O)N2Cc2ccccc2)c2ccccc21. The van der Waals surface area contributed by atoms with Gasteiger partial charge in [-0.3, -0.25) is 24.2 Å². The Hall–Kier alpha value is -4.13. The van der Waals surface area contributed by atoms with E-state index < -0.39 is 5.66 Å². The second-order valence-electron chi connectivity index (χ2n) is 8.73. The number of fused-ring (bicyclic) bond motifs is 3. The summed E-state index contributed by atoms with van der Waals surface area (Å²) in [7, 11) is 0. The summed E-state index contributed by atoms with van der Waals surface area (Å²) in [6, 6.07) is 24.3. The summed E-state index contributed by atoms with van der Waals surface area (Å²) in [5.74, 6) is -0.700. The highest BCUT2D eigenvalue weighted by Gasteiger charge is 2.59. The van der Waals surface area contributed by atoms with Crippen molar-refractivity contribution < 1.29 is 14.4 Å². The highest BCUT2D eigenvalue weighted by Crippen LogP contribution is 2.48. The van der Waals surface area contributed by atoms with Crippen molar-refractivity contribution in [1.82, 2.24) is 9.80 Å². The van der Waals surface area contributed by atoms with Crippen molar-refractivity contribution in [1.29, 1.82) is 0 Å². The van der Waals surface area contributed by atoms with Gasteiger partial charge < -0.3 is 10.2 Å². The molecule has 0 aromatic heterocycles. The Morgan fingerprint density at radius 1 is 0.886 bits per heavy atom. The first kappa shape index (κ1) is 22.7. The zero-order valence-corrected chi connectivity index (χ0v) is 19.9. The van der Waals surface area contributed by atoms with Gasteiger partial charge in [0.05, 0.1) is 11.3 Å². The molecule has 3 amide bonds. The Morgan fingerprint density at radius 3 is 2.29 bits per heavy atom. The molecule has 0 fully saturated rings. The fourth-order valence-electron chi connectivity index (χ4n) is 5.08. The van der Waals surface area contributed by atoms with E-state index in [9.17, 15) is 14.4 Å². The third-order valence-electron chi connectivity index (χ3n) is 6.86. The van der Waals surface area contributed by atoms with Crippen LogP contribution in [0.15, 0.2) is 78.9 Å². The molecule has 1 spiro atoms. The fraction of sp³-hybridized carbons (Fsp3) is 0.250. The summed E-state index contributed by atoms with van der Waals surface area (Å²) in [5, 5.41) is 3.43. The topological polar surface area (TPSA) is 73.0 Å². The standard InChI is InChI=1S/C28H28N4O3/c1-3-30(4-2)25(33)19-31-24-17-11-9-15-22(24)28(27(31)35)29-23-16-10-8-14-21(23)26(34)32(28)18-20-12-6-5-7-13-20/h5-17,29H,3-4,18-19H2,1-2H3/t28-/m1/s1. The highest BCUT2D eigenvalue weighted by atomic mass is 16.2. The summed E-state index contributed by atoms with van der Waals surface area (Å²) in [5.41, 5.74) is 1.86. The van der Waals surface area contributed by atoms with Gasteiger partial charge in [0.25, 0.3) is 11.8 Å². The van der Waals surface area contributed by atoms with Gasteiger partial charge in [0, 0.05) is 30.9 Å². The third kappa shape index (κ3) is 3.55. The zero-order valence-electron chi connectivity index (χ0n) is 19.9. The Kier molecular flexibility index (Phi) is 5.76. The van der Waals surface area contributed by atoms with Crippen molar-refractivity contribution in [3.05, 3.63) is 95.6 Å². The number of carbonyl (C=O) groups is 3. The number of amides is 3. The van der Waals surface area contributed by atoms with Crippen LogP contribution in [0, 0.1) is 0 Å². The summed E-state index contributed by atoms with van der Waals surface area (Å²) in [6.07, 6.45) is 0. The average Bonchev–Trinajstić information content (AvgIpc) is 3.11. The average molecular weight is 469 g/mol. The molecule has 178 valence electrons. The smallest absolute Gasteiger partial charge is 0.279 e. The fourth-order valence-corrected chi connectivity index (χ4v) is 5.08. The number of para-hydroxylation sites is 2. The van der Waals surface area contributed by atoms with Crippen molar-refractivity contribution in [2.45, 2.75) is 26.1 Å². The zero-order chi connectivity index (χ0) is 24.6. The number of benzene rings is 3. The molecular weight excluding hydrogens is 440 g/mol. The van der Waals surface area contributed by atoms with Gasteiger partial charge in [-0.15, -0.1) is 0 Å². The molecule has 0 saturated carbocycles. The molecule has 5 rings (SSSR count). The van der Waals surface area contributed by atoms with Gasteiger partial charge >= 0.3 is 0 Å². The maximum atomic E-state index is 14.3. The number of rotatable bonds is 6. The van der Waals surface area contributed by atoms with E-state index in [1.165, 1.54) is 4.90 Å². The highest BCUT2D eigenvalue weighted by molar-refractivity contribution is 6.16. The van der Waals surface area contributed by atoms with Crippen molar-refractivity contribution in [3.63, 3.8) is 0 Å². The summed E-state index contributed by atoms with van der Waals surface area (Å²) in [6.45, 7) is 5.11. The predicted octanol–water partition coefficient (Wildman–Crippen LogP) is 3.82. The van der Waals surface area contributed by atoms with Crippen LogP contribution in [0.5, 0.6) is 0 Å². The summed E-state index contributed by atoms with van der Waals surface area (Å²) >= 11 is 0. The van der Waals surface area contributed by atoms with E-state index in [4.69, 9.17) is 0 Å². The number of nitrogens with one attached hydrogen (secondary N) is 1. The van der Waals surface area contributed by atoms with Gasteiger partial charge in [-0.2, -0.15) is 0 Å². The van der Waals surface area contributed by atoms with Crippen LogP contribution in [0.2, 0.25) is 0 Å². The van der Waals surface area contributed by atoms with Crippen LogP contribution in [0.3, 0.4) is 0 Å². The van der Waals surface area contributed by atoms with Gasteiger partial charge in [-0.1, -0.05) is 60.7 Å².